The van der Waals surface area contributed by atoms with E-state index in [9.17, 15) is 70.2 Å². The second kappa shape index (κ2) is 32.5. The van der Waals surface area contributed by atoms with Gasteiger partial charge < -0.3 is 61.6 Å². The van der Waals surface area contributed by atoms with Crippen LogP contribution in [0.3, 0.4) is 0 Å². The quantitative estimate of drug-likeness (QED) is 0.0447. The Morgan fingerprint density at radius 2 is 0.415 bits per heavy atom. The van der Waals surface area contributed by atoms with Crippen LogP contribution in [-0.2, 0) is 61.6 Å². The third kappa shape index (κ3) is 21.1. The molecule has 0 heterocycles. The van der Waals surface area contributed by atoms with Gasteiger partial charge in [0, 0.05) is 7.11 Å². The highest BCUT2D eigenvalue weighted by Crippen LogP contribution is 2.63. The number of alkyl halides is 16. The van der Waals surface area contributed by atoms with E-state index in [0.717, 1.165) is 0 Å². The Morgan fingerprint density at radius 3 is 0.615 bits per heavy atom. The lowest BCUT2D eigenvalue weighted by Crippen LogP contribution is -2.75. The number of hydrogen-bond acceptors (Lipinski definition) is 14. The predicted octanol–water partition coefficient (Wildman–Crippen LogP) is 5.84. The van der Waals surface area contributed by atoms with Gasteiger partial charge in [-0.3, -0.25) is 0 Å². The first-order chi connectivity index (χ1) is 30.4. The maximum absolute atomic E-state index is 14.0. The van der Waals surface area contributed by atoms with Gasteiger partial charge in [0.25, 0.3) is 0 Å². The molecule has 65 heavy (non-hydrogen) atoms. The highest BCUT2D eigenvalue weighted by atomic mass is 32.1. The van der Waals surface area contributed by atoms with Gasteiger partial charge in [0.2, 0.25) is 0 Å². The van der Waals surface area contributed by atoms with Crippen LogP contribution in [-0.4, -0.2) is 225 Å². The van der Waals surface area contributed by atoms with E-state index < -0.39 is 73.0 Å². The summed E-state index contributed by atoms with van der Waals surface area (Å²) < 4.78 is 286. The van der Waals surface area contributed by atoms with E-state index in [1.165, 1.54) is 0 Å². The third-order valence-electron chi connectivity index (χ3n) is 7.90. The highest BCUT2D eigenvalue weighted by molar-refractivity contribution is 7.80. The van der Waals surface area contributed by atoms with Crippen molar-refractivity contribution in [1.29, 1.82) is 0 Å². The van der Waals surface area contributed by atoms with Crippen LogP contribution in [0.2, 0.25) is 0 Å². The largest absolute Gasteiger partial charge is 0.385 e. The summed E-state index contributed by atoms with van der Waals surface area (Å²) in [6.07, 6.45) is 0. The van der Waals surface area contributed by atoms with Crippen LogP contribution in [0.15, 0.2) is 0 Å². The SMILES string of the molecule is COCCOCCOCCOCCOCCOCCOCCOCCOCCOCCOCCOCCOCC(F)(F)C(F)(F)C(F)(F)C(F)(F)C(F)(F)C(F)(F)C(F)(F)C(F)(F)CS. The van der Waals surface area contributed by atoms with Gasteiger partial charge in [-0.1, -0.05) is 0 Å². The first kappa shape index (κ1) is 63.7. The zero-order valence-electron chi connectivity index (χ0n) is 35.2. The fourth-order valence-electron chi connectivity index (χ4n) is 4.20. The van der Waals surface area contributed by atoms with Crippen molar-refractivity contribution in [3.8, 4) is 0 Å². The van der Waals surface area contributed by atoms with Gasteiger partial charge in [-0.15, -0.1) is 0 Å². The van der Waals surface area contributed by atoms with Crippen LogP contribution in [0, 0.1) is 0 Å². The average molecular weight is 1020 g/mol. The Bertz CT molecular complexity index is 1190. The zero-order chi connectivity index (χ0) is 49.6. The van der Waals surface area contributed by atoms with E-state index >= 15 is 0 Å². The standard InChI is InChI=1S/C35H56F16O13S/c1-52-2-3-53-4-5-54-6-7-55-8-9-56-10-11-57-12-13-58-14-15-59-16-17-60-18-19-61-20-21-62-22-23-63-24-25-64-26-28(36,37)30(40,41)32(44,45)34(48,49)35(50,51)33(46,47)31(42,43)29(38,39)27-65/h65H,2-27H2,1H3. The van der Waals surface area contributed by atoms with Crippen molar-refractivity contribution in [2.24, 2.45) is 0 Å². The van der Waals surface area contributed by atoms with Crippen molar-refractivity contribution < 1.29 is 132 Å². The van der Waals surface area contributed by atoms with E-state index in [1.54, 1.807) is 7.11 Å². The molecule has 13 nitrogen and oxygen atoms in total. The van der Waals surface area contributed by atoms with Crippen molar-refractivity contribution in [2.75, 3.05) is 178 Å². The molecule has 0 amide bonds. The Labute approximate surface area is 369 Å². The molecule has 0 aromatic rings. The maximum atomic E-state index is 14.0. The number of hydrogen-bond donors (Lipinski definition) is 1. The monoisotopic (exact) mass is 1020 g/mol. The maximum Gasteiger partial charge on any atom is 0.385 e. The van der Waals surface area contributed by atoms with Crippen molar-refractivity contribution in [1.82, 2.24) is 0 Å². The molecule has 0 aromatic heterocycles. The van der Waals surface area contributed by atoms with E-state index in [-0.39, 0.29) is 52.9 Å². The normalized spacial score (nSPS) is 13.9. The summed E-state index contributed by atoms with van der Waals surface area (Å²) in [5.74, 6) is -64.5. The molecule has 0 saturated carbocycles. The van der Waals surface area contributed by atoms with Gasteiger partial charge in [0.15, 0.2) is 0 Å². The molecule has 0 aliphatic rings. The number of rotatable bonds is 46. The Hall–Kier alpha value is -1.29. The summed E-state index contributed by atoms with van der Waals surface area (Å²) in [6, 6.07) is 0. The Morgan fingerprint density at radius 1 is 0.246 bits per heavy atom. The first-order valence-electron chi connectivity index (χ1n) is 19.4. The van der Waals surface area contributed by atoms with Crippen molar-refractivity contribution in [3.63, 3.8) is 0 Å². The lowest BCUT2D eigenvalue weighted by atomic mass is 9.88. The molecule has 0 aliphatic heterocycles. The molecule has 0 fully saturated rings. The van der Waals surface area contributed by atoms with Gasteiger partial charge in [-0.2, -0.15) is 82.9 Å². The van der Waals surface area contributed by atoms with E-state index in [1.807, 2.05) is 0 Å². The Kier molecular flexibility index (Phi) is 31.9. The molecule has 0 aliphatic carbocycles. The van der Waals surface area contributed by atoms with Crippen LogP contribution in [0.4, 0.5) is 70.2 Å². The molecule has 0 rings (SSSR count). The summed E-state index contributed by atoms with van der Waals surface area (Å²) in [5, 5.41) is 0. The van der Waals surface area contributed by atoms with Gasteiger partial charge in [0.1, 0.15) is 6.61 Å². The van der Waals surface area contributed by atoms with Crippen LogP contribution >= 0.6 is 12.6 Å². The number of halogens is 16. The second-order valence-corrected chi connectivity index (χ2v) is 13.1. The molecule has 0 spiro atoms. The molecule has 392 valence electrons. The minimum absolute atomic E-state index is 0.0164. The van der Waals surface area contributed by atoms with Crippen molar-refractivity contribution in [2.45, 2.75) is 47.4 Å². The van der Waals surface area contributed by atoms with Crippen molar-refractivity contribution in [3.05, 3.63) is 0 Å². The Balaban J connectivity index is 3.90. The fraction of sp³-hybridized carbons (Fsp3) is 1.00. The van der Waals surface area contributed by atoms with Gasteiger partial charge in [-0.05, 0) is 0 Å². The van der Waals surface area contributed by atoms with Gasteiger partial charge >= 0.3 is 47.4 Å². The number of thiol groups is 1. The molecule has 0 saturated heterocycles. The molecule has 0 unspecified atom stereocenters. The van der Waals surface area contributed by atoms with Gasteiger partial charge in [0.05, 0.1) is 164 Å². The summed E-state index contributed by atoms with van der Waals surface area (Å²) in [5.41, 5.74) is 0. The van der Waals surface area contributed by atoms with Gasteiger partial charge in [-0.25, -0.2) is 0 Å². The minimum Gasteiger partial charge on any atom is -0.382 e. The summed E-state index contributed by atoms with van der Waals surface area (Å²) in [4.78, 5) is 0. The lowest BCUT2D eigenvalue weighted by Gasteiger charge is -2.43. The molecule has 0 N–H and O–H groups in total. The second-order valence-electron chi connectivity index (χ2n) is 12.8. The molecule has 0 bridgehead atoms. The fourth-order valence-corrected chi connectivity index (χ4v) is 4.40. The average Bonchev–Trinajstić information content (AvgIpc) is 3.24. The van der Waals surface area contributed by atoms with E-state index in [4.69, 9.17) is 56.8 Å². The van der Waals surface area contributed by atoms with Crippen molar-refractivity contribution >= 4 is 12.6 Å². The third-order valence-corrected chi connectivity index (χ3v) is 8.29. The zero-order valence-corrected chi connectivity index (χ0v) is 36.1. The van der Waals surface area contributed by atoms with E-state index in [2.05, 4.69) is 17.4 Å². The van der Waals surface area contributed by atoms with Crippen LogP contribution < -0.4 is 0 Å². The number of methoxy groups -OCH3 is 1. The highest BCUT2D eigenvalue weighted by Gasteiger charge is 2.94. The van der Waals surface area contributed by atoms with E-state index in [0.29, 0.717) is 92.5 Å². The van der Waals surface area contributed by atoms with Crippen LogP contribution in [0.25, 0.3) is 0 Å². The topological polar surface area (TPSA) is 120 Å². The van der Waals surface area contributed by atoms with Crippen LogP contribution in [0.5, 0.6) is 0 Å². The van der Waals surface area contributed by atoms with Crippen LogP contribution in [0.1, 0.15) is 0 Å². The number of ether oxygens (including phenoxy) is 13. The summed E-state index contributed by atoms with van der Waals surface area (Å²) in [7, 11) is 1.60. The molecule has 30 heteroatoms. The summed E-state index contributed by atoms with van der Waals surface area (Å²) >= 11 is 2.44. The molecular weight excluding hydrogens is 964 g/mol. The predicted molar refractivity (Wildman–Crippen MR) is 195 cm³/mol. The summed E-state index contributed by atoms with van der Waals surface area (Å²) in [6.45, 7) is 1.75. The minimum atomic E-state index is -8.49. The molecule has 0 radical (unpaired) electrons. The molecule has 0 aromatic carbocycles. The molecule has 0 atom stereocenters. The lowest BCUT2D eigenvalue weighted by molar-refractivity contribution is -0.453. The molecular formula is C35H56F16O13S. The smallest absolute Gasteiger partial charge is 0.382 e. The first-order valence-corrected chi connectivity index (χ1v) is 20.1.